The van der Waals surface area contributed by atoms with E-state index in [0.29, 0.717) is 49.6 Å². The molecule has 1 atom stereocenters. The van der Waals surface area contributed by atoms with Gasteiger partial charge in [0.05, 0.1) is 11.7 Å². The third kappa shape index (κ3) is 3.71. The van der Waals surface area contributed by atoms with Gasteiger partial charge in [-0.2, -0.15) is 0 Å². The normalized spacial score (nSPS) is 19.5. The number of hydrogen-bond donors (Lipinski definition) is 0. The molecule has 1 fully saturated rings. The smallest absolute Gasteiger partial charge is 0.259 e. The Morgan fingerprint density at radius 2 is 1.97 bits per heavy atom. The molecule has 0 N–H and O–H groups in total. The molecular weight excluding hydrogens is 388 g/mol. The van der Waals surface area contributed by atoms with Gasteiger partial charge >= 0.3 is 0 Å². The Balaban J connectivity index is 1.54. The minimum absolute atomic E-state index is 0.0246. The van der Waals surface area contributed by atoms with Crippen molar-refractivity contribution in [1.29, 1.82) is 0 Å². The number of ether oxygens (including phenoxy) is 1. The van der Waals surface area contributed by atoms with Crippen molar-refractivity contribution in [2.45, 2.75) is 52.1 Å². The summed E-state index contributed by atoms with van der Waals surface area (Å²) >= 11 is 0. The first-order valence-corrected chi connectivity index (χ1v) is 10.4. The second-order valence-corrected chi connectivity index (χ2v) is 7.90. The number of fused-ring (bicyclic) bond motifs is 1. The lowest BCUT2D eigenvalue weighted by Crippen LogP contribution is -2.41. The largest absolute Gasteiger partial charge is 0.375 e. The van der Waals surface area contributed by atoms with E-state index in [4.69, 9.17) is 9.26 Å². The number of carbonyl (C=O) groups is 2. The molecule has 2 aliphatic heterocycles. The minimum Gasteiger partial charge on any atom is -0.375 e. The summed E-state index contributed by atoms with van der Waals surface area (Å²) in [4.78, 5) is 29.3. The zero-order chi connectivity index (χ0) is 21.3. The lowest BCUT2D eigenvalue weighted by molar-refractivity contribution is -0.139. The van der Waals surface area contributed by atoms with Crippen LogP contribution in [0, 0.1) is 13.8 Å². The maximum Gasteiger partial charge on any atom is 0.259 e. The molecule has 0 bridgehead atoms. The maximum absolute atomic E-state index is 13.0. The lowest BCUT2D eigenvalue weighted by Gasteiger charge is -2.35. The molecule has 2 aliphatic rings. The van der Waals surface area contributed by atoms with Crippen molar-refractivity contribution in [2.24, 2.45) is 0 Å². The first-order chi connectivity index (χ1) is 14.5. The van der Waals surface area contributed by atoms with E-state index in [0.717, 1.165) is 30.9 Å². The molecule has 2 aromatic rings. The van der Waals surface area contributed by atoms with E-state index >= 15 is 0 Å². The van der Waals surface area contributed by atoms with Crippen LogP contribution in [0.5, 0.6) is 0 Å². The first kappa shape index (κ1) is 20.5. The molecule has 0 aliphatic carbocycles. The quantitative estimate of drug-likeness (QED) is 0.739. The summed E-state index contributed by atoms with van der Waals surface area (Å²) < 4.78 is 12.3. The molecule has 0 radical (unpaired) electrons. The SMILES string of the molecule is COCC(=O)N1CCCCC1c1nnc2n1CCN(C(=O)c1c(C)noc1C)CC2. The van der Waals surface area contributed by atoms with Gasteiger partial charge in [0, 0.05) is 39.7 Å². The predicted molar refractivity (Wildman–Crippen MR) is 106 cm³/mol. The number of piperidine rings is 1. The Hall–Kier alpha value is -2.75. The number of aromatic nitrogens is 4. The van der Waals surface area contributed by atoms with Gasteiger partial charge in [0.25, 0.3) is 5.91 Å². The number of nitrogens with zero attached hydrogens (tertiary/aromatic N) is 6. The van der Waals surface area contributed by atoms with Crippen LogP contribution in [-0.4, -0.2) is 74.9 Å². The van der Waals surface area contributed by atoms with Crippen LogP contribution in [0.1, 0.15) is 58.8 Å². The number of methoxy groups -OCH3 is 1. The van der Waals surface area contributed by atoms with Crippen LogP contribution in [0.3, 0.4) is 0 Å². The molecule has 30 heavy (non-hydrogen) atoms. The zero-order valence-electron chi connectivity index (χ0n) is 17.8. The van der Waals surface area contributed by atoms with E-state index in [2.05, 4.69) is 19.9 Å². The molecule has 1 unspecified atom stereocenters. The highest BCUT2D eigenvalue weighted by Gasteiger charge is 2.34. The van der Waals surface area contributed by atoms with Crippen LogP contribution >= 0.6 is 0 Å². The van der Waals surface area contributed by atoms with Crippen molar-refractivity contribution in [3.8, 4) is 0 Å². The number of carbonyl (C=O) groups excluding carboxylic acids is 2. The number of amides is 2. The van der Waals surface area contributed by atoms with Crippen LogP contribution in [-0.2, 0) is 22.5 Å². The van der Waals surface area contributed by atoms with Gasteiger partial charge in [-0.3, -0.25) is 9.59 Å². The summed E-state index contributed by atoms with van der Waals surface area (Å²) in [6.45, 7) is 5.99. The van der Waals surface area contributed by atoms with Gasteiger partial charge < -0.3 is 23.6 Å². The van der Waals surface area contributed by atoms with Gasteiger partial charge in [-0.25, -0.2) is 0 Å². The van der Waals surface area contributed by atoms with Crippen LogP contribution in [0.2, 0.25) is 0 Å². The summed E-state index contributed by atoms with van der Waals surface area (Å²) in [5, 5.41) is 12.8. The fourth-order valence-electron chi connectivity index (χ4n) is 4.45. The van der Waals surface area contributed by atoms with Crippen molar-refractivity contribution in [2.75, 3.05) is 33.4 Å². The summed E-state index contributed by atoms with van der Waals surface area (Å²) in [5.41, 5.74) is 1.15. The topological polar surface area (TPSA) is 107 Å². The van der Waals surface area contributed by atoms with E-state index in [1.54, 1.807) is 13.8 Å². The van der Waals surface area contributed by atoms with Gasteiger partial charge in [0.2, 0.25) is 5.91 Å². The molecule has 0 aromatic carbocycles. The van der Waals surface area contributed by atoms with Crippen molar-refractivity contribution in [3.05, 3.63) is 28.7 Å². The Morgan fingerprint density at radius 3 is 2.70 bits per heavy atom. The number of rotatable bonds is 4. The van der Waals surface area contributed by atoms with E-state index in [9.17, 15) is 9.59 Å². The minimum atomic E-state index is -0.104. The van der Waals surface area contributed by atoms with Crippen LogP contribution in [0.15, 0.2) is 4.52 Å². The molecule has 4 heterocycles. The standard InChI is InChI=1S/C20H28N6O4/c1-13-18(14(2)30-23-13)20(28)24-9-7-16-21-22-19(26(16)11-10-24)15-6-4-5-8-25(15)17(27)12-29-3/h15H,4-12H2,1-3H3. The number of likely N-dealkylation sites (tertiary alicyclic amines) is 1. The highest BCUT2D eigenvalue weighted by Crippen LogP contribution is 2.31. The molecule has 10 heteroatoms. The van der Waals surface area contributed by atoms with E-state index in [-0.39, 0.29) is 24.5 Å². The summed E-state index contributed by atoms with van der Waals surface area (Å²) in [6, 6.07) is -0.104. The van der Waals surface area contributed by atoms with E-state index in [1.807, 2.05) is 9.80 Å². The Kier molecular flexibility index (Phi) is 5.85. The molecule has 10 nitrogen and oxygen atoms in total. The highest BCUT2D eigenvalue weighted by molar-refractivity contribution is 5.96. The average molecular weight is 416 g/mol. The van der Waals surface area contributed by atoms with Gasteiger partial charge in [0.15, 0.2) is 5.82 Å². The Morgan fingerprint density at radius 1 is 1.13 bits per heavy atom. The van der Waals surface area contributed by atoms with Gasteiger partial charge in [0.1, 0.15) is 23.8 Å². The van der Waals surface area contributed by atoms with Crippen molar-refractivity contribution in [3.63, 3.8) is 0 Å². The van der Waals surface area contributed by atoms with Crippen LogP contribution in [0.4, 0.5) is 0 Å². The third-order valence-corrected chi connectivity index (χ3v) is 5.98. The highest BCUT2D eigenvalue weighted by atomic mass is 16.5. The second kappa shape index (κ2) is 8.55. The summed E-state index contributed by atoms with van der Waals surface area (Å²) in [7, 11) is 1.53. The molecule has 4 rings (SSSR count). The molecule has 0 spiro atoms. The fraction of sp³-hybridized carbons (Fsp3) is 0.650. The van der Waals surface area contributed by atoms with Gasteiger partial charge in [-0.15, -0.1) is 10.2 Å². The Labute approximate surface area is 175 Å². The lowest BCUT2D eigenvalue weighted by atomic mass is 10.0. The summed E-state index contributed by atoms with van der Waals surface area (Å²) in [5.74, 6) is 2.10. The average Bonchev–Trinajstić information content (AvgIpc) is 3.22. The zero-order valence-corrected chi connectivity index (χ0v) is 17.8. The number of hydrogen-bond acceptors (Lipinski definition) is 7. The number of aryl methyl sites for hydroxylation is 2. The molecule has 162 valence electrons. The third-order valence-electron chi connectivity index (χ3n) is 5.98. The summed E-state index contributed by atoms with van der Waals surface area (Å²) in [6.07, 6.45) is 3.49. The first-order valence-electron chi connectivity index (χ1n) is 10.4. The molecule has 1 saturated heterocycles. The molecule has 2 aromatic heterocycles. The second-order valence-electron chi connectivity index (χ2n) is 7.90. The maximum atomic E-state index is 13.0. The predicted octanol–water partition coefficient (Wildman–Crippen LogP) is 1.28. The fourth-order valence-corrected chi connectivity index (χ4v) is 4.45. The molecule has 2 amide bonds. The monoisotopic (exact) mass is 416 g/mol. The van der Waals surface area contributed by atoms with E-state index < -0.39 is 0 Å². The molecular formula is C20H28N6O4. The van der Waals surface area contributed by atoms with Gasteiger partial charge in [-0.1, -0.05) is 5.16 Å². The van der Waals surface area contributed by atoms with Crippen molar-refractivity contribution >= 4 is 11.8 Å². The van der Waals surface area contributed by atoms with Crippen LogP contribution in [0.25, 0.3) is 0 Å². The van der Waals surface area contributed by atoms with E-state index in [1.165, 1.54) is 7.11 Å². The Bertz CT molecular complexity index is 916. The van der Waals surface area contributed by atoms with Crippen LogP contribution < -0.4 is 0 Å². The molecule has 0 saturated carbocycles. The van der Waals surface area contributed by atoms with Gasteiger partial charge in [-0.05, 0) is 33.1 Å². The van der Waals surface area contributed by atoms with Crippen molar-refractivity contribution < 1.29 is 18.8 Å². The van der Waals surface area contributed by atoms with Crippen molar-refractivity contribution in [1.82, 2.24) is 29.7 Å².